The topological polar surface area (TPSA) is 62.6 Å². The van der Waals surface area contributed by atoms with E-state index in [2.05, 4.69) is 5.32 Å². The molecule has 20 heavy (non-hydrogen) atoms. The highest BCUT2D eigenvalue weighted by Gasteiger charge is 2.30. The van der Waals surface area contributed by atoms with E-state index >= 15 is 0 Å². The lowest BCUT2D eigenvalue weighted by Gasteiger charge is -2.31. The molecule has 1 aliphatic carbocycles. The van der Waals surface area contributed by atoms with Crippen LogP contribution in [0.15, 0.2) is 23.0 Å². The summed E-state index contributed by atoms with van der Waals surface area (Å²) in [7, 11) is 0. The Kier molecular flexibility index (Phi) is 3.76. The Morgan fingerprint density at radius 1 is 1.25 bits per heavy atom. The van der Waals surface area contributed by atoms with Crippen LogP contribution in [0.2, 0.25) is 0 Å². The zero-order chi connectivity index (χ0) is 13.9. The van der Waals surface area contributed by atoms with Crippen molar-refractivity contribution in [2.75, 3.05) is 19.6 Å². The van der Waals surface area contributed by atoms with Crippen LogP contribution < -0.4 is 5.32 Å². The first-order valence-electron chi connectivity index (χ1n) is 7.33. The Balaban J connectivity index is 1.42. The van der Waals surface area contributed by atoms with E-state index in [0.717, 1.165) is 45.3 Å². The molecule has 5 heteroatoms. The number of hydrogen-bond donors (Lipinski definition) is 1. The number of nitrogens with zero attached hydrogens (tertiary/aromatic N) is 1. The van der Waals surface area contributed by atoms with Crippen LogP contribution >= 0.6 is 0 Å². The smallest absolute Gasteiger partial charge is 0.257 e. The molecule has 3 rings (SSSR count). The molecule has 0 spiro atoms. The van der Waals surface area contributed by atoms with E-state index in [0.29, 0.717) is 11.5 Å². The SMILES string of the molecule is O=C(NCC1CCN(C(=O)c2ccoc2)CC1)C1CC1. The highest BCUT2D eigenvalue weighted by Crippen LogP contribution is 2.29. The third-order valence-electron chi connectivity index (χ3n) is 4.18. The molecule has 1 saturated carbocycles. The largest absolute Gasteiger partial charge is 0.472 e. The van der Waals surface area contributed by atoms with Crippen LogP contribution in [0.3, 0.4) is 0 Å². The number of amides is 2. The van der Waals surface area contributed by atoms with E-state index in [1.807, 2.05) is 4.90 Å². The summed E-state index contributed by atoms with van der Waals surface area (Å²) in [6.07, 6.45) is 7.01. The van der Waals surface area contributed by atoms with Gasteiger partial charge in [0.2, 0.25) is 5.91 Å². The maximum absolute atomic E-state index is 12.1. The van der Waals surface area contributed by atoms with Crippen molar-refractivity contribution in [3.8, 4) is 0 Å². The molecule has 1 aromatic heterocycles. The first-order valence-corrected chi connectivity index (χ1v) is 7.33. The predicted molar refractivity (Wildman–Crippen MR) is 73.1 cm³/mol. The Morgan fingerprint density at radius 2 is 2.00 bits per heavy atom. The van der Waals surface area contributed by atoms with E-state index in [9.17, 15) is 9.59 Å². The number of carbonyl (C=O) groups excluding carboxylic acids is 2. The van der Waals surface area contributed by atoms with Crippen molar-refractivity contribution in [3.63, 3.8) is 0 Å². The number of hydrogen-bond acceptors (Lipinski definition) is 3. The summed E-state index contributed by atoms with van der Waals surface area (Å²) in [6.45, 7) is 2.27. The van der Waals surface area contributed by atoms with Gasteiger partial charge in [0.05, 0.1) is 11.8 Å². The molecule has 5 nitrogen and oxygen atoms in total. The van der Waals surface area contributed by atoms with E-state index in [1.54, 1.807) is 6.07 Å². The van der Waals surface area contributed by atoms with Crippen molar-refractivity contribution in [3.05, 3.63) is 24.2 Å². The summed E-state index contributed by atoms with van der Waals surface area (Å²) < 4.78 is 4.95. The third kappa shape index (κ3) is 3.03. The average Bonchev–Trinajstić information content (AvgIpc) is 3.19. The van der Waals surface area contributed by atoms with Crippen LogP contribution in [0.1, 0.15) is 36.0 Å². The van der Waals surface area contributed by atoms with Crippen molar-refractivity contribution in [2.45, 2.75) is 25.7 Å². The van der Waals surface area contributed by atoms with Crippen molar-refractivity contribution in [2.24, 2.45) is 11.8 Å². The van der Waals surface area contributed by atoms with Crippen LogP contribution in [0.4, 0.5) is 0 Å². The predicted octanol–water partition coefficient (Wildman–Crippen LogP) is 1.66. The number of likely N-dealkylation sites (tertiary alicyclic amines) is 1. The maximum Gasteiger partial charge on any atom is 0.257 e. The second kappa shape index (κ2) is 5.69. The lowest BCUT2D eigenvalue weighted by atomic mass is 9.96. The molecule has 2 fully saturated rings. The first-order chi connectivity index (χ1) is 9.74. The summed E-state index contributed by atoms with van der Waals surface area (Å²) in [5.41, 5.74) is 0.616. The van der Waals surface area contributed by atoms with Crippen LogP contribution in [-0.4, -0.2) is 36.3 Å². The number of furan rings is 1. The van der Waals surface area contributed by atoms with Gasteiger partial charge < -0.3 is 14.6 Å². The zero-order valence-corrected chi connectivity index (χ0v) is 11.5. The normalized spacial score (nSPS) is 19.9. The Bertz CT molecular complexity index is 471. The quantitative estimate of drug-likeness (QED) is 0.909. The van der Waals surface area contributed by atoms with Gasteiger partial charge in [-0.25, -0.2) is 0 Å². The van der Waals surface area contributed by atoms with Crippen LogP contribution in [-0.2, 0) is 4.79 Å². The molecule has 0 unspecified atom stereocenters. The number of carbonyl (C=O) groups is 2. The third-order valence-corrected chi connectivity index (χ3v) is 4.18. The Hall–Kier alpha value is -1.78. The molecule has 2 aliphatic rings. The molecule has 0 bridgehead atoms. The zero-order valence-electron chi connectivity index (χ0n) is 11.5. The van der Waals surface area contributed by atoms with Gasteiger partial charge in [0.1, 0.15) is 6.26 Å². The molecule has 1 N–H and O–H groups in total. The van der Waals surface area contributed by atoms with Gasteiger partial charge in [-0.1, -0.05) is 0 Å². The molecule has 0 radical (unpaired) electrons. The van der Waals surface area contributed by atoms with Crippen LogP contribution in [0, 0.1) is 11.8 Å². The van der Waals surface area contributed by atoms with Gasteiger partial charge in [-0.05, 0) is 37.7 Å². The Morgan fingerprint density at radius 3 is 2.60 bits per heavy atom. The van der Waals surface area contributed by atoms with Crippen LogP contribution in [0.5, 0.6) is 0 Å². The molecule has 2 amide bonds. The minimum atomic E-state index is 0.0409. The lowest BCUT2D eigenvalue weighted by Crippen LogP contribution is -2.41. The summed E-state index contributed by atoms with van der Waals surface area (Å²) in [6, 6.07) is 1.70. The van der Waals surface area contributed by atoms with Gasteiger partial charge in [0.25, 0.3) is 5.91 Å². The Labute approximate surface area is 118 Å². The van der Waals surface area contributed by atoms with E-state index in [-0.39, 0.29) is 17.7 Å². The summed E-state index contributed by atoms with van der Waals surface area (Å²) in [5.74, 6) is 1.02. The molecule has 0 atom stereocenters. The molecule has 1 aliphatic heterocycles. The average molecular weight is 276 g/mol. The van der Waals surface area contributed by atoms with Gasteiger partial charge in [-0.2, -0.15) is 0 Å². The molecule has 2 heterocycles. The lowest BCUT2D eigenvalue weighted by molar-refractivity contribution is -0.122. The summed E-state index contributed by atoms with van der Waals surface area (Å²) in [4.78, 5) is 25.6. The molecule has 0 aromatic carbocycles. The fourth-order valence-electron chi connectivity index (χ4n) is 2.64. The fraction of sp³-hybridized carbons (Fsp3) is 0.600. The molecular weight excluding hydrogens is 256 g/mol. The van der Waals surface area contributed by atoms with Crippen molar-refractivity contribution in [1.82, 2.24) is 10.2 Å². The highest BCUT2D eigenvalue weighted by atomic mass is 16.3. The molecular formula is C15H20N2O3. The van der Waals surface area contributed by atoms with Crippen molar-refractivity contribution >= 4 is 11.8 Å². The minimum Gasteiger partial charge on any atom is -0.472 e. The van der Waals surface area contributed by atoms with E-state index < -0.39 is 0 Å². The van der Waals surface area contributed by atoms with Gasteiger partial charge in [0, 0.05) is 25.6 Å². The molecule has 1 saturated heterocycles. The first kappa shape index (κ1) is 13.2. The van der Waals surface area contributed by atoms with Gasteiger partial charge >= 0.3 is 0 Å². The summed E-state index contributed by atoms with van der Waals surface area (Å²) >= 11 is 0. The monoisotopic (exact) mass is 276 g/mol. The standard InChI is InChI=1S/C15H20N2O3/c18-14(12-1-2-12)16-9-11-3-6-17(7-4-11)15(19)13-5-8-20-10-13/h5,8,10-12H,1-4,6-7,9H2,(H,16,18). The number of piperidine rings is 1. The van der Waals surface area contributed by atoms with Gasteiger partial charge in [-0.3, -0.25) is 9.59 Å². The second-order valence-electron chi connectivity index (χ2n) is 5.77. The van der Waals surface area contributed by atoms with Crippen molar-refractivity contribution < 1.29 is 14.0 Å². The minimum absolute atomic E-state index is 0.0409. The number of nitrogens with one attached hydrogen (secondary N) is 1. The van der Waals surface area contributed by atoms with E-state index in [1.165, 1.54) is 12.5 Å². The second-order valence-corrected chi connectivity index (χ2v) is 5.77. The number of rotatable bonds is 4. The van der Waals surface area contributed by atoms with Crippen LogP contribution in [0.25, 0.3) is 0 Å². The molecule has 1 aromatic rings. The maximum atomic E-state index is 12.1. The van der Waals surface area contributed by atoms with E-state index in [4.69, 9.17) is 4.42 Å². The van der Waals surface area contributed by atoms with Gasteiger partial charge in [0.15, 0.2) is 0 Å². The van der Waals surface area contributed by atoms with Gasteiger partial charge in [-0.15, -0.1) is 0 Å². The fourth-order valence-corrected chi connectivity index (χ4v) is 2.64. The molecule has 108 valence electrons. The highest BCUT2D eigenvalue weighted by molar-refractivity contribution is 5.93. The van der Waals surface area contributed by atoms with Crippen molar-refractivity contribution in [1.29, 1.82) is 0 Å². The summed E-state index contributed by atoms with van der Waals surface area (Å²) in [5, 5.41) is 3.03.